The van der Waals surface area contributed by atoms with E-state index >= 15 is 0 Å². The minimum atomic E-state index is -3.54. The van der Waals surface area contributed by atoms with Crippen LogP contribution in [0.15, 0.2) is 35.5 Å². The molecule has 0 saturated carbocycles. The summed E-state index contributed by atoms with van der Waals surface area (Å²) in [4.78, 5) is 0.293. The molecule has 0 unspecified atom stereocenters. The fourth-order valence-corrected chi connectivity index (χ4v) is 3.00. The first-order valence-corrected chi connectivity index (χ1v) is 7.31. The number of nitrogens with zero attached hydrogens (tertiary/aromatic N) is 3. The summed E-state index contributed by atoms with van der Waals surface area (Å²) in [7, 11) is -0.259. The van der Waals surface area contributed by atoms with Gasteiger partial charge in [0.15, 0.2) is 0 Å². The van der Waals surface area contributed by atoms with Crippen molar-refractivity contribution >= 4 is 15.7 Å². The van der Waals surface area contributed by atoms with Crippen molar-refractivity contribution in [2.45, 2.75) is 18.7 Å². The lowest BCUT2D eigenvalue weighted by Gasteiger charge is -2.18. The molecule has 0 saturated heterocycles. The van der Waals surface area contributed by atoms with Crippen molar-refractivity contribution < 1.29 is 8.42 Å². The third-order valence-corrected chi connectivity index (χ3v) is 4.97. The van der Waals surface area contributed by atoms with Crippen molar-refractivity contribution in [3.63, 3.8) is 0 Å². The molecule has 2 aromatic rings. The maximum Gasteiger partial charge on any atom is 0.264 e. The van der Waals surface area contributed by atoms with Gasteiger partial charge in [0.2, 0.25) is 0 Å². The molecule has 5 nitrogen and oxygen atoms in total. The van der Waals surface area contributed by atoms with Gasteiger partial charge >= 0.3 is 0 Å². The van der Waals surface area contributed by atoms with Crippen LogP contribution in [0.4, 0.5) is 5.69 Å². The minimum absolute atomic E-state index is 0.293. The lowest BCUT2D eigenvalue weighted by Crippen LogP contribution is -2.26. The van der Waals surface area contributed by atoms with Gasteiger partial charge in [-0.15, -0.1) is 0 Å². The van der Waals surface area contributed by atoms with Crippen molar-refractivity contribution in [3.8, 4) is 0 Å². The van der Waals surface area contributed by atoms with Gasteiger partial charge in [-0.2, -0.15) is 5.10 Å². The normalized spacial score (nSPS) is 11.6. The topological polar surface area (TPSA) is 55.2 Å². The van der Waals surface area contributed by atoms with Gasteiger partial charge in [-0.3, -0.25) is 8.99 Å². The largest absolute Gasteiger partial charge is 0.274 e. The zero-order chi connectivity index (χ0) is 14.2. The van der Waals surface area contributed by atoms with E-state index in [0.29, 0.717) is 10.6 Å². The van der Waals surface area contributed by atoms with E-state index in [1.807, 2.05) is 19.9 Å². The summed E-state index contributed by atoms with van der Waals surface area (Å²) in [6.07, 6.45) is 3.19. The molecule has 0 atom stereocenters. The Bertz CT molecular complexity index is 704. The van der Waals surface area contributed by atoms with Gasteiger partial charge in [0.05, 0.1) is 16.8 Å². The highest BCUT2D eigenvalue weighted by molar-refractivity contribution is 7.92. The van der Waals surface area contributed by atoms with E-state index in [9.17, 15) is 8.42 Å². The number of hydrogen-bond donors (Lipinski definition) is 0. The number of benzene rings is 1. The molecule has 0 N–H and O–H groups in total. The second kappa shape index (κ2) is 4.70. The molecule has 0 radical (unpaired) electrons. The van der Waals surface area contributed by atoms with Gasteiger partial charge < -0.3 is 0 Å². The molecule has 0 spiro atoms. The summed E-state index contributed by atoms with van der Waals surface area (Å²) in [6.45, 7) is 3.86. The lowest BCUT2D eigenvalue weighted by atomic mass is 10.1. The summed E-state index contributed by atoms with van der Waals surface area (Å²) in [5.74, 6) is 0. The Balaban J connectivity index is 2.44. The Labute approximate surface area is 113 Å². The van der Waals surface area contributed by atoms with Crippen LogP contribution in [0, 0.1) is 13.8 Å². The highest BCUT2D eigenvalue weighted by Crippen LogP contribution is 2.22. The van der Waals surface area contributed by atoms with Crippen LogP contribution in [-0.2, 0) is 17.1 Å². The van der Waals surface area contributed by atoms with Gasteiger partial charge in [0, 0.05) is 20.3 Å². The highest BCUT2D eigenvalue weighted by atomic mass is 32.2. The zero-order valence-electron chi connectivity index (χ0n) is 11.5. The minimum Gasteiger partial charge on any atom is -0.274 e. The van der Waals surface area contributed by atoms with Gasteiger partial charge in [0.1, 0.15) is 0 Å². The molecular formula is C13H17N3O2S. The number of aryl methyl sites for hydroxylation is 3. The van der Waals surface area contributed by atoms with Crippen LogP contribution in [0.1, 0.15) is 11.1 Å². The second-order valence-corrected chi connectivity index (χ2v) is 6.56. The van der Waals surface area contributed by atoms with Crippen molar-refractivity contribution in [3.05, 3.63) is 41.7 Å². The number of hydrogen-bond acceptors (Lipinski definition) is 3. The molecule has 102 valence electrons. The standard InChI is InChI=1S/C13H17N3O2S/c1-10-5-6-13(7-11(10)2)19(17,18)16(4)12-8-14-15(3)9-12/h5-9H,1-4H3. The van der Waals surface area contributed by atoms with E-state index in [0.717, 1.165) is 11.1 Å². The monoisotopic (exact) mass is 279 g/mol. The predicted molar refractivity (Wildman–Crippen MR) is 74.7 cm³/mol. The van der Waals surface area contributed by atoms with Gasteiger partial charge in [0.25, 0.3) is 10.0 Å². The molecule has 19 heavy (non-hydrogen) atoms. The van der Waals surface area contributed by atoms with Crippen LogP contribution in [-0.4, -0.2) is 25.2 Å². The quantitative estimate of drug-likeness (QED) is 0.861. The summed E-state index contributed by atoms with van der Waals surface area (Å²) < 4.78 is 27.8. The summed E-state index contributed by atoms with van der Waals surface area (Å²) in [6, 6.07) is 5.14. The van der Waals surface area contributed by atoms with Gasteiger partial charge in [-0.05, 0) is 37.1 Å². The molecule has 0 fully saturated rings. The summed E-state index contributed by atoms with van der Waals surface area (Å²) in [5.41, 5.74) is 2.57. The van der Waals surface area contributed by atoms with Crippen LogP contribution in [0.5, 0.6) is 0 Å². The van der Waals surface area contributed by atoms with E-state index in [-0.39, 0.29) is 0 Å². The number of sulfonamides is 1. The third kappa shape index (κ3) is 2.49. The van der Waals surface area contributed by atoms with Crippen molar-refractivity contribution in [1.29, 1.82) is 0 Å². The predicted octanol–water partition coefficient (Wildman–Crippen LogP) is 1.86. The number of rotatable bonds is 3. The molecule has 2 rings (SSSR count). The van der Waals surface area contributed by atoms with E-state index in [1.165, 1.54) is 17.5 Å². The van der Waals surface area contributed by atoms with Crippen molar-refractivity contribution in [1.82, 2.24) is 9.78 Å². The second-order valence-electron chi connectivity index (χ2n) is 4.59. The average molecular weight is 279 g/mol. The zero-order valence-corrected chi connectivity index (χ0v) is 12.3. The summed E-state index contributed by atoms with van der Waals surface area (Å²) >= 11 is 0. The molecule has 0 aliphatic heterocycles. The first-order chi connectivity index (χ1) is 8.82. The van der Waals surface area contributed by atoms with E-state index in [4.69, 9.17) is 0 Å². The molecule has 1 heterocycles. The number of aromatic nitrogens is 2. The molecule has 0 amide bonds. The SMILES string of the molecule is Cc1ccc(S(=O)(=O)N(C)c2cnn(C)c2)cc1C. The molecule has 0 aliphatic carbocycles. The van der Waals surface area contributed by atoms with Crippen molar-refractivity contribution in [2.24, 2.45) is 7.05 Å². The van der Waals surface area contributed by atoms with Crippen LogP contribution in [0.3, 0.4) is 0 Å². The van der Waals surface area contributed by atoms with Crippen LogP contribution >= 0.6 is 0 Å². The van der Waals surface area contributed by atoms with Gasteiger partial charge in [-0.1, -0.05) is 6.07 Å². The Morgan fingerprint density at radius 2 is 1.89 bits per heavy atom. The molecule has 6 heteroatoms. The Morgan fingerprint density at radius 1 is 1.21 bits per heavy atom. The third-order valence-electron chi connectivity index (χ3n) is 3.19. The fourth-order valence-electron chi connectivity index (χ4n) is 1.74. The Morgan fingerprint density at radius 3 is 2.42 bits per heavy atom. The molecule has 1 aromatic heterocycles. The first-order valence-electron chi connectivity index (χ1n) is 5.87. The average Bonchev–Trinajstić information content (AvgIpc) is 2.78. The molecule has 0 aliphatic rings. The smallest absolute Gasteiger partial charge is 0.264 e. The Kier molecular flexibility index (Phi) is 3.36. The van der Waals surface area contributed by atoms with Crippen molar-refractivity contribution in [2.75, 3.05) is 11.4 Å². The number of anilines is 1. The van der Waals surface area contributed by atoms with E-state index in [2.05, 4.69) is 5.10 Å². The van der Waals surface area contributed by atoms with E-state index in [1.54, 1.807) is 30.1 Å². The lowest BCUT2D eigenvalue weighted by molar-refractivity contribution is 0.594. The summed E-state index contributed by atoms with van der Waals surface area (Å²) in [5, 5.41) is 3.99. The Hall–Kier alpha value is -1.82. The highest BCUT2D eigenvalue weighted by Gasteiger charge is 2.22. The molecule has 1 aromatic carbocycles. The maximum absolute atomic E-state index is 12.5. The fraction of sp³-hybridized carbons (Fsp3) is 0.308. The first kappa shape index (κ1) is 13.6. The van der Waals surface area contributed by atoms with Crippen LogP contribution in [0.2, 0.25) is 0 Å². The maximum atomic E-state index is 12.5. The van der Waals surface area contributed by atoms with Gasteiger partial charge in [-0.25, -0.2) is 8.42 Å². The molecular weight excluding hydrogens is 262 g/mol. The van der Waals surface area contributed by atoms with Crippen LogP contribution < -0.4 is 4.31 Å². The molecule has 0 bridgehead atoms. The van der Waals surface area contributed by atoms with Crippen LogP contribution in [0.25, 0.3) is 0 Å². The van der Waals surface area contributed by atoms with E-state index < -0.39 is 10.0 Å².